The summed E-state index contributed by atoms with van der Waals surface area (Å²) >= 11 is 0. The molecule has 3 rings (SSSR count). The van der Waals surface area contributed by atoms with Crippen molar-refractivity contribution in [3.63, 3.8) is 0 Å². The zero-order valence-corrected chi connectivity index (χ0v) is 15.2. The maximum Gasteiger partial charge on any atom is 0.286 e. The van der Waals surface area contributed by atoms with Gasteiger partial charge < -0.3 is 19.7 Å². The van der Waals surface area contributed by atoms with Gasteiger partial charge >= 0.3 is 0 Å². The van der Waals surface area contributed by atoms with E-state index in [1.165, 1.54) is 19.2 Å². The summed E-state index contributed by atoms with van der Waals surface area (Å²) in [6.07, 6.45) is 2.98. The molecule has 2 fully saturated rings. The van der Waals surface area contributed by atoms with Crippen LogP contribution in [0.2, 0.25) is 0 Å². The first-order valence-electron chi connectivity index (χ1n) is 8.99. The van der Waals surface area contributed by atoms with E-state index in [4.69, 9.17) is 9.47 Å². The number of hydrogen-bond acceptors (Lipinski definition) is 6. The van der Waals surface area contributed by atoms with Crippen LogP contribution in [0.4, 0.5) is 5.69 Å². The highest BCUT2D eigenvalue weighted by Crippen LogP contribution is 2.39. The second-order valence-corrected chi connectivity index (χ2v) is 6.93. The van der Waals surface area contributed by atoms with E-state index in [0.29, 0.717) is 25.4 Å². The Hall–Kier alpha value is -2.35. The quantitative estimate of drug-likeness (QED) is 0.637. The van der Waals surface area contributed by atoms with Crippen LogP contribution in [0.3, 0.4) is 0 Å². The number of nitro benzene ring substituents is 1. The summed E-state index contributed by atoms with van der Waals surface area (Å²) < 4.78 is 10.7. The van der Waals surface area contributed by atoms with E-state index in [2.05, 4.69) is 5.32 Å². The van der Waals surface area contributed by atoms with Gasteiger partial charge in [-0.25, -0.2) is 0 Å². The van der Waals surface area contributed by atoms with Crippen molar-refractivity contribution in [2.45, 2.75) is 26.2 Å². The molecule has 1 N–H and O–H groups in total. The van der Waals surface area contributed by atoms with Gasteiger partial charge in [0.25, 0.3) is 11.6 Å². The maximum atomic E-state index is 13.0. The number of piperidine rings is 1. The monoisotopic (exact) mass is 363 g/mol. The van der Waals surface area contributed by atoms with Crippen molar-refractivity contribution in [2.75, 3.05) is 39.9 Å². The third kappa shape index (κ3) is 3.46. The molecule has 0 atom stereocenters. The number of ether oxygens (including phenoxy) is 2. The van der Waals surface area contributed by atoms with Crippen molar-refractivity contribution in [3.05, 3.63) is 27.8 Å². The topological polar surface area (TPSA) is 93.9 Å². The summed E-state index contributed by atoms with van der Waals surface area (Å²) in [6.45, 7) is 5.39. The average molecular weight is 363 g/mol. The first-order chi connectivity index (χ1) is 12.5. The standard InChI is InChI=1S/C18H25N3O5/c1-3-26-16-11-14(21(23)24)13(10-15(16)25-2)17(22)20-8-5-18(6-9-20)4-7-19-12-18/h10-11,19H,3-9,12H2,1-2H3. The Balaban J connectivity index is 1.85. The van der Waals surface area contributed by atoms with Gasteiger partial charge in [0.05, 0.1) is 24.7 Å². The van der Waals surface area contributed by atoms with E-state index in [1.807, 2.05) is 0 Å². The molecule has 8 heteroatoms. The van der Waals surface area contributed by atoms with Gasteiger partial charge in [0.15, 0.2) is 11.5 Å². The Bertz CT molecular complexity index is 690. The third-order valence-electron chi connectivity index (χ3n) is 5.45. The normalized spacial score (nSPS) is 18.8. The Morgan fingerprint density at radius 3 is 2.58 bits per heavy atom. The van der Waals surface area contributed by atoms with Crippen molar-refractivity contribution >= 4 is 11.6 Å². The van der Waals surface area contributed by atoms with Gasteiger partial charge in [0.1, 0.15) is 5.56 Å². The molecule has 1 aromatic carbocycles. The molecular weight excluding hydrogens is 338 g/mol. The number of nitrogens with one attached hydrogen (secondary N) is 1. The van der Waals surface area contributed by atoms with E-state index in [1.54, 1.807) is 11.8 Å². The number of methoxy groups -OCH3 is 1. The van der Waals surface area contributed by atoms with Crippen LogP contribution in [-0.4, -0.2) is 55.6 Å². The molecule has 0 bridgehead atoms. The number of amides is 1. The van der Waals surface area contributed by atoms with Gasteiger partial charge in [-0.2, -0.15) is 0 Å². The summed E-state index contributed by atoms with van der Waals surface area (Å²) in [6, 6.07) is 2.70. The number of carbonyl (C=O) groups excluding carboxylic acids is 1. The largest absolute Gasteiger partial charge is 0.493 e. The zero-order valence-electron chi connectivity index (χ0n) is 15.2. The number of nitrogens with zero attached hydrogens (tertiary/aromatic N) is 2. The molecule has 0 radical (unpaired) electrons. The maximum absolute atomic E-state index is 13.0. The molecule has 8 nitrogen and oxygen atoms in total. The van der Waals surface area contributed by atoms with Crippen LogP contribution in [-0.2, 0) is 0 Å². The fraction of sp³-hybridized carbons (Fsp3) is 0.611. The van der Waals surface area contributed by atoms with Crippen molar-refractivity contribution in [1.82, 2.24) is 10.2 Å². The highest BCUT2D eigenvalue weighted by atomic mass is 16.6. The molecule has 1 spiro atoms. The molecular formula is C18H25N3O5. The molecule has 0 saturated carbocycles. The summed E-state index contributed by atoms with van der Waals surface area (Å²) in [5.41, 5.74) is 0.0806. The van der Waals surface area contributed by atoms with E-state index in [9.17, 15) is 14.9 Å². The van der Waals surface area contributed by atoms with E-state index < -0.39 is 4.92 Å². The van der Waals surface area contributed by atoms with Crippen LogP contribution in [0.25, 0.3) is 0 Å². The summed E-state index contributed by atoms with van der Waals surface area (Å²) in [5.74, 6) is 0.279. The van der Waals surface area contributed by atoms with Gasteiger partial charge in [0.2, 0.25) is 0 Å². The number of rotatable bonds is 5. The van der Waals surface area contributed by atoms with Gasteiger partial charge in [-0.15, -0.1) is 0 Å². The van der Waals surface area contributed by atoms with E-state index in [-0.39, 0.29) is 28.3 Å². The highest BCUT2D eigenvalue weighted by molar-refractivity contribution is 5.99. The lowest BCUT2D eigenvalue weighted by molar-refractivity contribution is -0.385. The minimum Gasteiger partial charge on any atom is -0.493 e. The van der Waals surface area contributed by atoms with E-state index >= 15 is 0 Å². The number of nitro groups is 1. The predicted octanol–water partition coefficient (Wildman–Crippen LogP) is 2.22. The molecule has 1 aromatic rings. The van der Waals surface area contributed by atoms with Gasteiger partial charge in [0, 0.05) is 25.7 Å². The fourth-order valence-electron chi connectivity index (χ4n) is 3.88. The van der Waals surface area contributed by atoms with Crippen molar-refractivity contribution in [1.29, 1.82) is 0 Å². The predicted molar refractivity (Wildman–Crippen MR) is 95.9 cm³/mol. The minimum atomic E-state index is -0.540. The number of hydrogen-bond donors (Lipinski definition) is 1. The Labute approximate surface area is 152 Å². The molecule has 0 unspecified atom stereocenters. The van der Waals surface area contributed by atoms with Crippen LogP contribution in [0.15, 0.2) is 12.1 Å². The van der Waals surface area contributed by atoms with Crippen LogP contribution < -0.4 is 14.8 Å². The van der Waals surface area contributed by atoms with Gasteiger partial charge in [-0.3, -0.25) is 14.9 Å². The molecule has 142 valence electrons. The summed E-state index contributed by atoms with van der Waals surface area (Å²) in [4.78, 5) is 25.6. The van der Waals surface area contributed by atoms with E-state index in [0.717, 1.165) is 32.4 Å². The average Bonchev–Trinajstić information content (AvgIpc) is 3.09. The summed E-state index contributed by atoms with van der Waals surface area (Å²) in [7, 11) is 1.45. The first-order valence-corrected chi connectivity index (χ1v) is 8.99. The zero-order chi connectivity index (χ0) is 18.7. The number of carbonyl (C=O) groups is 1. The molecule has 2 aliphatic heterocycles. The molecule has 0 aromatic heterocycles. The number of benzene rings is 1. The molecule has 0 aliphatic carbocycles. The van der Waals surface area contributed by atoms with Crippen LogP contribution >= 0.6 is 0 Å². The Morgan fingerprint density at radius 2 is 2.04 bits per heavy atom. The van der Waals surface area contributed by atoms with Crippen LogP contribution in [0, 0.1) is 15.5 Å². The SMILES string of the molecule is CCOc1cc([N+](=O)[O-])c(C(=O)N2CCC3(CCNC3)CC2)cc1OC. The molecule has 26 heavy (non-hydrogen) atoms. The second-order valence-electron chi connectivity index (χ2n) is 6.93. The lowest BCUT2D eigenvalue weighted by Crippen LogP contribution is -2.44. The highest BCUT2D eigenvalue weighted by Gasteiger charge is 2.39. The molecule has 1 amide bonds. The Kier molecular flexibility index (Phi) is 5.31. The van der Waals surface area contributed by atoms with Crippen molar-refractivity contribution in [2.24, 2.45) is 5.41 Å². The second kappa shape index (κ2) is 7.49. The molecule has 2 heterocycles. The smallest absolute Gasteiger partial charge is 0.286 e. The minimum absolute atomic E-state index is 0.0517. The van der Waals surface area contributed by atoms with Crippen molar-refractivity contribution < 1.29 is 19.2 Å². The molecule has 2 saturated heterocycles. The first kappa shape index (κ1) is 18.4. The molecule has 2 aliphatic rings. The lowest BCUT2D eigenvalue weighted by Gasteiger charge is -2.38. The third-order valence-corrected chi connectivity index (χ3v) is 5.45. The Morgan fingerprint density at radius 1 is 1.31 bits per heavy atom. The lowest BCUT2D eigenvalue weighted by atomic mass is 9.78. The van der Waals surface area contributed by atoms with Gasteiger partial charge in [-0.1, -0.05) is 0 Å². The summed E-state index contributed by atoms with van der Waals surface area (Å²) in [5, 5.41) is 14.9. The van der Waals surface area contributed by atoms with Gasteiger partial charge in [-0.05, 0) is 38.1 Å². The van der Waals surface area contributed by atoms with Crippen LogP contribution in [0.1, 0.15) is 36.5 Å². The fourth-order valence-corrected chi connectivity index (χ4v) is 3.88. The van der Waals surface area contributed by atoms with Crippen LogP contribution in [0.5, 0.6) is 11.5 Å². The van der Waals surface area contributed by atoms with Crippen molar-refractivity contribution in [3.8, 4) is 11.5 Å². The number of likely N-dealkylation sites (tertiary alicyclic amines) is 1.